The van der Waals surface area contributed by atoms with Crippen LogP contribution in [0.4, 0.5) is 5.82 Å². The lowest BCUT2D eigenvalue weighted by Gasteiger charge is -2.33. The van der Waals surface area contributed by atoms with Gasteiger partial charge in [0.1, 0.15) is 5.82 Å². The van der Waals surface area contributed by atoms with E-state index in [9.17, 15) is 5.11 Å². The molecule has 0 aromatic carbocycles. The average Bonchev–Trinajstić information content (AvgIpc) is 2.39. The summed E-state index contributed by atoms with van der Waals surface area (Å²) in [6.45, 7) is 6.15. The van der Waals surface area contributed by atoms with Crippen LogP contribution in [0.15, 0.2) is 18.3 Å². The van der Waals surface area contributed by atoms with Crippen LogP contribution in [0.2, 0.25) is 0 Å². The molecule has 1 aromatic rings. The summed E-state index contributed by atoms with van der Waals surface area (Å²) < 4.78 is 0. The summed E-state index contributed by atoms with van der Waals surface area (Å²) in [5.41, 5.74) is 0.946. The van der Waals surface area contributed by atoms with E-state index in [0.29, 0.717) is 5.25 Å². The lowest BCUT2D eigenvalue weighted by atomic mass is 10.1. The van der Waals surface area contributed by atoms with E-state index in [1.165, 1.54) is 12.2 Å². The molecule has 0 bridgehead atoms. The van der Waals surface area contributed by atoms with Crippen LogP contribution < -0.4 is 4.90 Å². The molecule has 1 aliphatic heterocycles. The van der Waals surface area contributed by atoms with Crippen molar-refractivity contribution < 1.29 is 5.11 Å². The standard InChI is InChI=1S/C13H20N2OS/c1-3-12-9-15(6-7-17-12)13-8-11(10(2)16)4-5-14-13/h4-5,8,10,12,16H,3,6-7,9H2,1-2H3/t10-,12?/m1/s1. The fourth-order valence-corrected chi connectivity index (χ4v) is 3.22. The third kappa shape index (κ3) is 3.13. The lowest BCUT2D eigenvalue weighted by molar-refractivity contribution is 0.199. The Bertz CT molecular complexity index is 370. The summed E-state index contributed by atoms with van der Waals surface area (Å²) in [5, 5.41) is 10.3. The zero-order chi connectivity index (χ0) is 12.3. The summed E-state index contributed by atoms with van der Waals surface area (Å²) in [6, 6.07) is 3.89. The maximum atomic E-state index is 9.59. The third-order valence-corrected chi connectivity index (χ3v) is 4.54. The predicted molar refractivity (Wildman–Crippen MR) is 73.6 cm³/mol. The minimum Gasteiger partial charge on any atom is -0.389 e. The van der Waals surface area contributed by atoms with Crippen molar-refractivity contribution in [2.45, 2.75) is 31.6 Å². The van der Waals surface area contributed by atoms with E-state index in [0.717, 1.165) is 24.5 Å². The molecule has 2 rings (SSSR count). The highest BCUT2D eigenvalue weighted by atomic mass is 32.2. The van der Waals surface area contributed by atoms with Crippen molar-refractivity contribution in [2.75, 3.05) is 23.7 Å². The highest BCUT2D eigenvalue weighted by molar-refractivity contribution is 8.00. The van der Waals surface area contributed by atoms with E-state index < -0.39 is 6.10 Å². The van der Waals surface area contributed by atoms with Gasteiger partial charge in [0.25, 0.3) is 0 Å². The van der Waals surface area contributed by atoms with Gasteiger partial charge in [-0.2, -0.15) is 11.8 Å². The van der Waals surface area contributed by atoms with Gasteiger partial charge >= 0.3 is 0 Å². The molecule has 1 aromatic heterocycles. The molecule has 1 aliphatic rings. The molecule has 1 N–H and O–H groups in total. The molecule has 4 heteroatoms. The number of aromatic nitrogens is 1. The first-order valence-electron chi connectivity index (χ1n) is 6.21. The van der Waals surface area contributed by atoms with Gasteiger partial charge in [0.2, 0.25) is 0 Å². The van der Waals surface area contributed by atoms with Crippen LogP contribution in [-0.4, -0.2) is 34.2 Å². The summed E-state index contributed by atoms with van der Waals surface area (Å²) in [4.78, 5) is 6.75. The Morgan fingerprint density at radius 2 is 2.47 bits per heavy atom. The quantitative estimate of drug-likeness (QED) is 0.896. The molecule has 0 aliphatic carbocycles. The lowest BCUT2D eigenvalue weighted by Crippen LogP contribution is -2.38. The predicted octanol–water partition coefficient (Wildman–Crippen LogP) is 2.47. The Morgan fingerprint density at radius 3 is 3.18 bits per heavy atom. The Labute approximate surface area is 107 Å². The monoisotopic (exact) mass is 252 g/mol. The molecule has 0 radical (unpaired) electrons. The van der Waals surface area contributed by atoms with Gasteiger partial charge in [-0.3, -0.25) is 0 Å². The summed E-state index contributed by atoms with van der Waals surface area (Å²) in [7, 11) is 0. The summed E-state index contributed by atoms with van der Waals surface area (Å²) >= 11 is 2.05. The fourth-order valence-electron chi connectivity index (χ4n) is 2.04. The van der Waals surface area contributed by atoms with Crippen molar-refractivity contribution in [3.05, 3.63) is 23.9 Å². The first-order chi connectivity index (χ1) is 8.20. The molecule has 0 amide bonds. The molecular weight excluding hydrogens is 232 g/mol. The average molecular weight is 252 g/mol. The van der Waals surface area contributed by atoms with E-state index in [2.05, 4.69) is 28.6 Å². The van der Waals surface area contributed by atoms with Gasteiger partial charge in [0.05, 0.1) is 6.10 Å². The molecule has 0 spiro atoms. The Hall–Kier alpha value is -0.740. The van der Waals surface area contributed by atoms with E-state index in [1.807, 2.05) is 12.1 Å². The molecule has 17 heavy (non-hydrogen) atoms. The van der Waals surface area contributed by atoms with Gasteiger partial charge in [0.15, 0.2) is 0 Å². The topological polar surface area (TPSA) is 36.4 Å². The van der Waals surface area contributed by atoms with Crippen LogP contribution in [0.5, 0.6) is 0 Å². The minimum absolute atomic E-state index is 0.419. The second-order valence-corrected chi connectivity index (χ2v) is 5.88. The minimum atomic E-state index is -0.419. The van der Waals surface area contributed by atoms with Gasteiger partial charge in [0, 0.05) is 30.3 Å². The number of hydrogen-bond acceptors (Lipinski definition) is 4. The van der Waals surface area contributed by atoms with E-state index in [1.54, 1.807) is 13.1 Å². The Balaban J connectivity index is 2.13. The third-order valence-electron chi connectivity index (χ3n) is 3.17. The number of pyridine rings is 1. The van der Waals surface area contributed by atoms with Crippen LogP contribution in [0.1, 0.15) is 31.9 Å². The smallest absolute Gasteiger partial charge is 0.128 e. The molecule has 1 unspecified atom stereocenters. The van der Waals surface area contributed by atoms with Crippen molar-refractivity contribution >= 4 is 17.6 Å². The summed E-state index contributed by atoms with van der Waals surface area (Å²) in [6.07, 6.45) is 2.58. The highest BCUT2D eigenvalue weighted by Crippen LogP contribution is 2.25. The van der Waals surface area contributed by atoms with Crippen LogP contribution in [0.25, 0.3) is 0 Å². The van der Waals surface area contributed by atoms with Crippen molar-refractivity contribution in [3.63, 3.8) is 0 Å². The van der Waals surface area contributed by atoms with E-state index in [-0.39, 0.29) is 0 Å². The van der Waals surface area contributed by atoms with Crippen molar-refractivity contribution in [2.24, 2.45) is 0 Å². The van der Waals surface area contributed by atoms with Crippen molar-refractivity contribution in [1.82, 2.24) is 4.98 Å². The van der Waals surface area contributed by atoms with Gasteiger partial charge in [-0.1, -0.05) is 6.92 Å². The summed E-state index contributed by atoms with van der Waals surface area (Å²) in [5.74, 6) is 2.17. The number of hydrogen-bond donors (Lipinski definition) is 1. The van der Waals surface area contributed by atoms with Gasteiger partial charge in [-0.15, -0.1) is 0 Å². The van der Waals surface area contributed by atoms with Crippen LogP contribution in [-0.2, 0) is 0 Å². The van der Waals surface area contributed by atoms with Crippen LogP contribution in [0, 0.1) is 0 Å². The maximum Gasteiger partial charge on any atom is 0.128 e. The number of thioether (sulfide) groups is 1. The first kappa shape index (κ1) is 12.7. The SMILES string of the molecule is CCC1CN(c2cc([C@@H](C)O)ccn2)CCS1. The molecule has 0 saturated carbocycles. The maximum absolute atomic E-state index is 9.59. The van der Waals surface area contributed by atoms with Gasteiger partial charge < -0.3 is 10.0 Å². The molecule has 2 atom stereocenters. The van der Waals surface area contributed by atoms with E-state index >= 15 is 0 Å². The van der Waals surface area contributed by atoms with Crippen LogP contribution in [0.3, 0.4) is 0 Å². The zero-order valence-electron chi connectivity index (χ0n) is 10.5. The highest BCUT2D eigenvalue weighted by Gasteiger charge is 2.20. The van der Waals surface area contributed by atoms with Crippen LogP contribution >= 0.6 is 11.8 Å². The number of aliphatic hydroxyl groups is 1. The fraction of sp³-hybridized carbons (Fsp3) is 0.615. The number of anilines is 1. The molecule has 2 heterocycles. The normalized spacial score (nSPS) is 22.5. The largest absolute Gasteiger partial charge is 0.389 e. The molecule has 1 fully saturated rings. The van der Waals surface area contributed by atoms with E-state index in [4.69, 9.17) is 0 Å². The number of aliphatic hydroxyl groups excluding tert-OH is 1. The van der Waals surface area contributed by atoms with Crippen molar-refractivity contribution in [3.8, 4) is 0 Å². The second kappa shape index (κ2) is 5.74. The molecular formula is C13H20N2OS. The Kier molecular flexibility index (Phi) is 4.29. The first-order valence-corrected chi connectivity index (χ1v) is 7.26. The van der Waals surface area contributed by atoms with Crippen molar-refractivity contribution in [1.29, 1.82) is 0 Å². The van der Waals surface area contributed by atoms with Gasteiger partial charge in [-0.25, -0.2) is 4.98 Å². The Morgan fingerprint density at radius 1 is 1.65 bits per heavy atom. The molecule has 94 valence electrons. The second-order valence-electron chi connectivity index (χ2n) is 4.47. The number of rotatable bonds is 3. The van der Waals surface area contributed by atoms with Gasteiger partial charge in [-0.05, 0) is 31.0 Å². The zero-order valence-corrected chi connectivity index (χ0v) is 11.3. The molecule has 3 nitrogen and oxygen atoms in total. The molecule has 1 saturated heterocycles. The number of nitrogens with zero attached hydrogens (tertiary/aromatic N) is 2.